The van der Waals surface area contributed by atoms with E-state index in [1.54, 1.807) is 7.05 Å². The Hall–Kier alpha value is -3.69. The Morgan fingerprint density at radius 2 is 1.49 bits per heavy atom. The molecule has 5 nitrogen and oxygen atoms in total. The van der Waals surface area contributed by atoms with Crippen molar-refractivity contribution in [2.75, 3.05) is 38.1 Å². The largest absolute Gasteiger partial charge is 0.368 e. The zero-order valence-electron chi connectivity index (χ0n) is 20.1. The Bertz CT molecular complexity index is 1470. The van der Waals surface area contributed by atoms with Crippen LogP contribution in [0.1, 0.15) is 11.1 Å². The van der Waals surface area contributed by atoms with Gasteiger partial charge in [0.15, 0.2) is 0 Å². The van der Waals surface area contributed by atoms with Crippen molar-refractivity contribution < 1.29 is 0 Å². The zero-order chi connectivity index (χ0) is 24.4. The van der Waals surface area contributed by atoms with E-state index in [4.69, 9.17) is 5.10 Å². The Morgan fingerprint density at radius 1 is 0.800 bits per heavy atom. The fourth-order valence-electron chi connectivity index (χ4n) is 4.67. The fourth-order valence-corrected chi connectivity index (χ4v) is 5.04. The van der Waals surface area contributed by atoms with Crippen molar-refractivity contribution >= 4 is 42.5 Å². The summed E-state index contributed by atoms with van der Waals surface area (Å²) in [6.45, 7) is 12.3. The highest BCUT2D eigenvalue weighted by Crippen LogP contribution is 2.27. The van der Waals surface area contributed by atoms with Crippen LogP contribution in [0, 0.1) is 0 Å². The van der Waals surface area contributed by atoms with Crippen LogP contribution in [0.4, 0.5) is 5.82 Å². The molecule has 1 atom stereocenters. The van der Waals surface area contributed by atoms with Gasteiger partial charge in [-0.3, -0.25) is 4.99 Å². The van der Waals surface area contributed by atoms with Crippen molar-refractivity contribution in [2.45, 2.75) is 0 Å². The van der Waals surface area contributed by atoms with Crippen LogP contribution in [0.3, 0.4) is 0 Å². The standard InChI is InChI=1S/C29H30N5P/c1-21(24-13-8-10-23-9-4-5-12-26(23)24)32-17-19-33(20-18-32)29-16-15-28(30-3)34(31-29)22(2)25-11-6-7-14-27(25)35/h4-16H,1-2,17-20,35H2,3H3/b30-28-. The lowest BCUT2D eigenvalue weighted by atomic mass is 10.0. The van der Waals surface area contributed by atoms with Gasteiger partial charge in [0.1, 0.15) is 11.3 Å². The quantitative estimate of drug-likeness (QED) is 0.399. The number of benzene rings is 3. The maximum Gasteiger partial charge on any atom is 0.149 e. The van der Waals surface area contributed by atoms with Gasteiger partial charge in [-0.25, -0.2) is 4.68 Å². The molecule has 1 aliphatic heterocycles. The van der Waals surface area contributed by atoms with Gasteiger partial charge in [-0.05, 0) is 28.2 Å². The van der Waals surface area contributed by atoms with Crippen molar-refractivity contribution in [3.05, 3.63) is 109 Å². The summed E-state index contributed by atoms with van der Waals surface area (Å²) >= 11 is 0. The summed E-state index contributed by atoms with van der Waals surface area (Å²) < 4.78 is 1.85. The first-order valence-corrected chi connectivity index (χ1v) is 12.4. The SMILES string of the molecule is C=C(c1cccc2ccccc12)N1CCN(c2cc/c(=N/C)n(C(=C)c3ccccc3P)n2)CC1. The van der Waals surface area contributed by atoms with Crippen LogP contribution in [0.25, 0.3) is 22.2 Å². The summed E-state index contributed by atoms with van der Waals surface area (Å²) in [6, 6.07) is 27.2. The third-order valence-corrected chi connectivity index (χ3v) is 7.15. The Morgan fingerprint density at radius 3 is 2.26 bits per heavy atom. The van der Waals surface area contributed by atoms with Crippen molar-refractivity contribution in [3.63, 3.8) is 0 Å². The molecule has 1 unspecified atom stereocenters. The molecule has 0 aliphatic carbocycles. The average molecular weight is 480 g/mol. The molecular formula is C29H30N5P. The maximum absolute atomic E-state index is 4.95. The van der Waals surface area contributed by atoms with Crippen LogP contribution >= 0.6 is 9.24 Å². The Labute approximate surface area is 208 Å². The van der Waals surface area contributed by atoms with E-state index in [9.17, 15) is 0 Å². The summed E-state index contributed by atoms with van der Waals surface area (Å²) in [5, 5.41) is 8.53. The van der Waals surface area contributed by atoms with E-state index < -0.39 is 0 Å². The molecule has 0 N–H and O–H groups in total. The van der Waals surface area contributed by atoms with E-state index in [-0.39, 0.29) is 0 Å². The van der Waals surface area contributed by atoms with Gasteiger partial charge in [0, 0.05) is 50.1 Å². The van der Waals surface area contributed by atoms with Crippen LogP contribution in [-0.4, -0.2) is 47.9 Å². The Kier molecular flexibility index (Phi) is 6.52. The summed E-state index contributed by atoms with van der Waals surface area (Å²) in [4.78, 5) is 9.12. The summed E-state index contributed by atoms with van der Waals surface area (Å²) in [7, 11) is 4.56. The summed E-state index contributed by atoms with van der Waals surface area (Å²) in [5.74, 6) is 0.926. The van der Waals surface area contributed by atoms with Gasteiger partial charge >= 0.3 is 0 Å². The first kappa shape index (κ1) is 23.1. The first-order chi connectivity index (χ1) is 17.1. The van der Waals surface area contributed by atoms with Gasteiger partial charge < -0.3 is 9.80 Å². The average Bonchev–Trinajstić information content (AvgIpc) is 2.92. The van der Waals surface area contributed by atoms with Crippen LogP contribution in [0.2, 0.25) is 0 Å². The van der Waals surface area contributed by atoms with E-state index in [1.807, 2.05) is 28.9 Å². The fraction of sp³-hybridized carbons (Fsp3) is 0.172. The van der Waals surface area contributed by atoms with Gasteiger partial charge in [0.2, 0.25) is 0 Å². The molecule has 0 saturated carbocycles. The zero-order valence-corrected chi connectivity index (χ0v) is 21.2. The number of anilines is 1. The number of nitrogens with zero attached hydrogens (tertiary/aromatic N) is 5. The second-order valence-corrected chi connectivity index (χ2v) is 9.29. The summed E-state index contributed by atoms with van der Waals surface area (Å²) in [5.41, 5.74) is 4.90. The predicted molar refractivity (Wildman–Crippen MR) is 151 cm³/mol. The van der Waals surface area contributed by atoms with Gasteiger partial charge in [0.05, 0.1) is 5.70 Å². The number of rotatable bonds is 5. The number of piperazine rings is 1. The van der Waals surface area contributed by atoms with Gasteiger partial charge in [-0.2, -0.15) is 0 Å². The van der Waals surface area contributed by atoms with E-state index in [2.05, 4.69) is 91.8 Å². The molecule has 5 rings (SSSR count). The maximum atomic E-state index is 4.95. The molecule has 0 bridgehead atoms. The highest BCUT2D eigenvalue weighted by atomic mass is 31.0. The molecule has 0 spiro atoms. The lowest BCUT2D eigenvalue weighted by molar-refractivity contribution is 0.366. The molecular weight excluding hydrogens is 449 g/mol. The number of hydrogen-bond acceptors (Lipinski definition) is 4. The van der Waals surface area contributed by atoms with Gasteiger partial charge in [0.25, 0.3) is 0 Å². The number of hydrogen-bond donors (Lipinski definition) is 0. The second kappa shape index (κ2) is 9.89. The van der Waals surface area contributed by atoms with E-state index in [0.717, 1.165) is 59.7 Å². The monoisotopic (exact) mass is 479 g/mol. The molecule has 35 heavy (non-hydrogen) atoms. The minimum absolute atomic E-state index is 0.773. The molecule has 0 radical (unpaired) electrons. The highest BCUT2D eigenvalue weighted by Gasteiger charge is 2.21. The van der Waals surface area contributed by atoms with Crippen LogP contribution in [0.5, 0.6) is 0 Å². The van der Waals surface area contributed by atoms with Crippen LogP contribution in [0.15, 0.2) is 97.0 Å². The molecule has 1 saturated heterocycles. The highest BCUT2D eigenvalue weighted by molar-refractivity contribution is 7.27. The van der Waals surface area contributed by atoms with Crippen molar-refractivity contribution in [1.82, 2.24) is 14.7 Å². The molecule has 176 valence electrons. The predicted octanol–water partition coefficient (Wildman–Crippen LogP) is 4.38. The van der Waals surface area contributed by atoms with Crippen molar-refractivity contribution in [1.29, 1.82) is 0 Å². The minimum Gasteiger partial charge on any atom is -0.368 e. The van der Waals surface area contributed by atoms with E-state index in [0.29, 0.717) is 0 Å². The smallest absolute Gasteiger partial charge is 0.149 e. The van der Waals surface area contributed by atoms with Crippen molar-refractivity contribution in [3.8, 4) is 0 Å². The molecule has 1 aromatic heterocycles. The van der Waals surface area contributed by atoms with Crippen molar-refractivity contribution in [2.24, 2.45) is 4.99 Å². The first-order valence-electron chi connectivity index (χ1n) is 11.8. The second-order valence-electron chi connectivity index (χ2n) is 8.67. The molecule has 1 aliphatic rings. The molecule has 2 heterocycles. The topological polar surface area (TPSA) is 36.7 Å². The third kappa shape index (κ3) is 4.52. The van der Waals surface area contributed by atoms with E-state index in [1.165, 1.54) is 16.3 Å². The Balaban J connectivity index is 1.36. The molecule has 6 heteroatoms. The number of fused-ring (bicyclic) bond motifs is 1. The van der Waals surface area contributed by atoms with Gasteiger partial charge in [-0.15, -0.1) is 14.3 Å². The van der Waals surface area contributed by atoms with Crippen LogP contribution in [-0.2, 0) is 0 Å². The normalized spacial score (nSPS) is 14.4. The molecule has 0 amide bonds. The van der Waals surface area contributed by atoms with Crippen LogP contribution < -0.4 is 15.7 Å². The lowest BCUT2D eigenvalue weighted by Crippen LogP contribution is -2.46. The van der Waals surface area contributed by atoms with Gasteiger partial charge in [-0.1, -0.05) is 79.9 Å². The number of aromatic nitrogens is 2. The molecule has 1 fully saturated rings. The third-order valence-electron chi connectivity index (χ3n) is 6.64. The molecule has 4 aromatic rings. The lowest BCUT2D eigenvalue weighted by Gasteiger charge is -2.38. The minimum atomic E-state index is 0.773. The summed E-state index contributed by atoms with van der Waals surface area (Å²) in [6.07, 6.45) is 0. The molecule has 3 aromatic carbocycles. The van der Waals surface area contributed by atoms with E-state index >= 15 is 0 Å².